The van der Waals surface area contributed by atoms with E-state index in [9.17, 15) is 0 Å². The Labute approximate surface area is 174 Å². The quantitative estimate of drug-likeness (QED) is 0.461. The van der Waals surface area contributed by atoms with Crippen LogP contribution in [0.3, 0.4) is 0 Å². The molecule has 4 aromatic rings. The highest BCUT2D eigenvalue weighted by molar-refractivity contribution is 5.68. The number of fused-ring (bicyclic) bond motifs is 1. The summed E-state index contributed by atoms with van der Waals surface area (Å²) in [6, 6.07) is 12.7. The van der Waals surface area contributed by atoms with Crippen LogP contribution in [0.15, 0.2) is 48.8 Å². The van der Waals surface area contributed by atoms with Gasteiger partial charge in [0.15, 0.2) is 5.82 Å². The fraction of sp³-hybridized carbons (Fsp3) is 0.318. The number of aromatic amines is 1. The van der Waals surface area contributed by atoms with Crippen LogP contribution in [0.1, 0.15) is 30.0 Å². The fourth-order valence-electron chi connectivity index (χ4n) is 4.05. The number of aromatic nitrogens is 5. The third kappa shape index (κ3) is 3.44. The Bertz CT molecular complexity index is 1180. The zero-order chi connectivity index (χ0) is 19.9. The molecule has 3 aromatic heterocycles. The van der Waals surface area contributed by atoms with Crippen molar-refractivity contribution in [3.05, 3.63) is 60.0 Å². The van der Waals surface area contributed by atoms with Crippen LogP contribution >= 0.6 is 0 Å². The van der Waals surface area contributed by atoms with Gasteiger partial charge in [0.25, 0.3) is 0 Å². The summed E-state index contributed by atoms with van der Waals surface area (Å²) >= 11 is 0. The lowest BCUT2D eigenvalue weighted by Gasteiger charge is -2.14. The van der Waals surface area contributed by atoms with E-state index in [1.807, 2.05) is 16.7 Å². The fourth-order valence-corrected chi connectivity index (χ4v) is 4.05. The van der Waals surface area contributed by atoms with Crippen LogP contribution < -0.4 is 10.6 Å². The second-order valence-corrected chi connectivity index (χ2v) is 8.14. The number of hydrogen-bond donors (Lipinski definition) is 3. The first-order valence-corrected chi connectivity index (χ1v) is 10.5. The van der Waals surface area contributed by atoms with Crippen molar-refractivity contribution in [1.82, 2.24) is 34.8 Å². The molecule has 1 saturated heterocycles. The summed E-state index contributed by atoms with van der Waals surface area (Å²) in [5.74, 6) is 2.13. The zero-order valence-corrected chi connectivity index (χ0v) is 16.7. The molecule has 0 bridgehead atoms. The molecular formula is C22H24N8. The van der Waals surface area contributed by atoms with E-state index in [-0.39, 0.29) is 0 Å². The summed E-state index contributed by atoms with van der Waals surface area (Å²) < 4.78 is 1.95. The lowest BCUT2D eigenvalue weighted by atomic mass is 10.1. The van der Waals surface area contributed by atoms with E-state index in [4.69, 9.17) is 4.98 Å². The van der Waals surface area contributed by atoms with Crippen molar-refractivity contribution in [2.75, 3.05) is 25.1 Å². The highest BCUT2D eigenvalue weighted by atomic mass is 15.3. The van der Waals surface area contributed by atoms with E-state index < -0.39 is 0 Å². The molecule has 1 aliphatic carbocycles. The lowest BCUT2D eigenvalue weighted by Crippen LogP contribution is -2.21. The highest BCUT2D eigenvalue weighted by Crippen LogP contribution is 2.39. The third-order valence-corrected chi connectivity index (χ3v) is 5.81. The number of H-pyrrole nitrogens is 1. The van der Waals surface area contributed by atoms with Gasteiger partial charge in [-0.2, -0.15) is 5.10 Å². The van der Waals surface area contributed by atoms with Gasteiger partial charge in [-0.3, -0.25) is 14.4 Å². The first-order valence-electron chi connectivity index (χ1n) is 10.5. The molecular weight excluding hydrogens is 376 g/mol. The van der Waals surface area contributed by atoms with Crippen molar-refractivity contribution < 1.29 is 0 Å². The second kappa shape index (κ2) is 7.23. The lowest BCUT2D eigenvalue weighted by molar-refractivity contribution is 0.327. The van der Waals surface area contributed by atoms with Gasteiger partial charge in [0.2, 0.25) is 5.95 Å². The minimum atomic E-state index is 0.633. The second-order valence-electron chi connectivity index (χ2n) is 8.14. The SMILES string of the molecule is c1cc(CN2CCNC2)cc(-c2cc3nccn3c(Nc3cc(C4CC4)[nH]n3)n2)c1. The van der Waals surface area contributed by atoms with Gasteiger partial charge in [-0.25, -0.2) is 9.97 Å². The molecule has 4 heterocycles. The van der Waals surface area contributed by atoms with Gasteiger partial charge in [-0.05, 0) is 24.5 Å². The molecule has 30 heavy (non-hydrogen) atoms. The maximum atomic E-state index is 4.91. The van der Waals surface area contributed by atoms with Crippen molar-refractivity contribution in [1.29, 1.82) is 0 Å². The summed E-state index contributed by atoms with van der Waals surface area (Å²) in [7, 11) is 0. The Morgan fingerprint density at radius 3 is 3.00 bits per heavy atom. The number of nitrogens with zero attached hydrogens (tertiary/aromatic N) is 5. The highest BCUT2D eigenvalue weighted by Gasteiger charge is 2.25. The first-order chi connectivity index (χ1) is 14.8. The molecule has 0 amide bonds. The van der Waals surface area contributed by atoms with Gasteiger partial charge in [0, 0.05) is 68.0 Å². The maximum absolute atomic E-state index is 4.91. The molecule has 8 nitrogen and oxygen atoms in total. The summed E-state index contributed by atoms with van der Waals surface area (Å²) in [6.45, 7) is 4.03. The zero-order valence-electron chi connectivity index (χ0n) is 16.7. The van der Waals surface area contributed by atoms with Crippen LogP contribution in [0.25, 0.3) is 16.9 Å². The number of hydrogen-bond acceptors (Lipinski definition) is 6. The van der Waals surface area contributed by atoms with E-state index >= 15 is 0 Å². The molecule has 3 N–H and O–H groups in total. The predicted molar refractivity (Wildman–Crippen MR) is 116 cm³/mol. The maximum Gasteiger partial charge on any atom is 0.214 e. The van der Waals surface area contributed by atoms with Gasteiger partial charge >= 0.3 is 0 Å². The summed E-state index contributed by atoms with van der Waals surface area (Å²) in [5, 5.41) is 14.3. The van der Waals surface area contributed by atoms with Crippen LogP contribution in [0.4, 0.5) is 11.8 Å². The van der Waals surface area contributed by atoms with Gasteiger partial charge in [0.05, 0.1) is 5.69 Å². The number of rotatable bonds is 6. The molecule has 2 aliphatic rings. The average molecular weight is 400 g/mol. The van der Waals surface area contributed by atoms with Crippen molar-refractivity contribution >= 4 is 17.4 Å². The Kier molecular flexibility index (Phi) is 4.24. The van der Waals surface area contributed by atoms with Crippen LogP contribution in [-0.4, -0.2) is 49.2 Å². The summed E-state index contributed by atoms with van der Waals surface area (Å²) in [6.07, 6.45) is 6.19. The van der Waals surface area contributed by atoms with Crippen molar-refractivity contribution in [2.24, 2.45) is 0 Å². The van der Waals surface area contributed by atoms with Crippen molar-refractivity contribution in [3.8, 4) is 11.3 Å². The number of imidazole rings is 1. The molecule has 1 aromatic carbocycles. The van der Waals surface area contributed by atoms with E-state index in [1.54, 1.807) is 6.20 Å². The van der Waals surface area contributed by atoms with E-state index in [1.165, 1.54) is 24.1 Å². The molecule has 6 rings (SSSR count). The standard InChI is InChI=1S/C22H24N8/c1-2-15(13-29-8-6-23-14-29)10-17(3-1)18-12-21-24-7-9-30(21)22(25-18)26-20-11-19(27-28-20)16-4-5-16/h1-3,7,9-12,16,23H,4-6,8,13-14H2,(H2,25,26,27,28). The minimum Gasteiger partial charge on any atom is -0.308 e. The molecule has 152 valence electrons. The number of nitrogens with one attached hydrogen (secondary N) is 3. The molecule has 1 saturated carbocycles. The van der Waals surface area contributed by atoms with E-state index in [0.717, 1.165) is 49.0 Å². The minimum absolute atomic E-state index is 0.633. The number of benzene rings is 1. The number of anilines is 2. The van der Waals surface area contributed by atoms with Crippen LogP contribution in [-0.2, 0) is 6.54 Å². The Balaban J connectivity index is 1.33. The van der Waals surface area contributed by atoms with Crippen LogP contribution in [0.5, 0.6) is 0 Å². The molecule has 0 unspecified atom stereocenters. The molecule has 1 aliphatic heterocycles. The van der Waals surface area contributed by atoms with E-state index in [0.29, 0.717) is 11.9 Å². The van der Waals surface area contributed by atoms with Gasteiger partial charge < -0.3 is 10.6 Å². The largest absolute Gasteiger partial charge is 0.308 e. The van der Waals surface area contributed by atoms with Gasteiger partial charge in [-0.1, -0.05) is 18.2 Å². The normalized spacial score (nSPS) is 17.1. The average Bonchev–Trinajstić information content (AvgIpc) is 3.13. The van der Waals surface area contributed by atoms with Crippen molar-refractivity contribution in [3.63, 3.8) is 0 Å². The molecule has 0 spiro atoms. The third-order valence-electron chi connectivity index (χ3n) is 5.81. The molecule has 0 atom stereocenters. The Hall–Kier alpha value is -3.23. The smallest absolute Gasteiger partial charge is 0.214 e. The van der Waals surface area contributed by atoms with Crippen LogP contribution in [0, 0.1) is 0 Å². The Morgan fingerprint density at radius 1 is 1.17 bits per heavy atom. The Morgan fingerprint density at radius 2 is 2.13 bits per heavy atom. The molecule has 0 radical (unpaired) electrons. The van der Waals surface area contributed by atoms with Crippen LogP contribution in [0.2, 0.25) is 0 Å². The predicted octanol–water partition coefficient (Wildman–Crippen LogP) is 3.10. The molecule has 8 heteroatoms. The summed E-state index contributed by atoms with van der Waals surface area (Å²) in [5.41, 5.74) is 5.33. The molecule has 2 fully saturated rings. The topological polar surface area (TPSA) is 86.2 Å². The summed E-state index contributed by atoms with van der Waals surface area (Å²) in [4.78, 5) is 11.8. The first kappa shape index (κ1) is 17.6. The van der Waals surface area contributed by atoms with Gasteiger partial charge in [0.1, 0.15) is 5.65 Å². The monoisotopic (exact) mass is 400 g/mol. The van der Waals surface area contributed by atoms with Crippen molar-refractivity contribution in [2.45, 2.75) is 25.3 Å². The van der Waals surface area contributed by atoms with Gasteiger partial charge in [-0.15, -0.1) is 0 Å². The van der Waals surface area contributed by atoms with E-state index in [2.05, 4.69) is 61.0 Å².